The average molecular weight is 322 g/mol. The third-order valence-electron chi connectivity index (χ3n) is 4.58. The fourth-order valence-electron chi connectivity index (χ4n) is 3.42. The molecule has 0 aliphatic rings. The Morgan fingerprint density at radius 3 is 2.24 bits per heavy atom. The lowest BCUT2D eigenvalue weighted by atomic mass is 10.1. The van der Waals surface area contributed by atoms with E-state index < -0.39 is 0 Å². The number of hydrogen-bond donors (Lipinski definition) is 0. The number of benzene rings is 3. The van der Waals surface area contributed by atoms with Gasteiger partial charge in [-0.15, -0.1) is 0 Å². The largest absolute Gasteiger partial charge is 0.268 e. The van der Waals surface area contributed by atoms with Gasteiger partial charge in [0.05, 0.1) is 11.2 Å². The smallest absolute Gasteiger partial charge is 0.264 e. The van der Waals surface area contributed by atoms with Crippen molar-refractivity contribution >= 4 is 27.3 Å². The van der Waals surface area contributed by atoms with E-state index in [1.165, 1.54) is 0 Å². The van der Waals surface area contributed by atoms with Gasteiger partial charge in [0.2, 0.25) is 0 Å². The minimum atomic E-state index is -0.0311. The number of hydrogen-bond acceptors (Lipinski definition) is 2. The van der Waals surface area contributed by atoms with Crippen LogP contribution in [0.25, 0.3) is 38.6 Å². The number of rotatable bonds is 1. The van der Waals surface area contributed by atoms with Gasteiger partial charge in [0.1, 0.15) is 5.65 Å². The molecule has 0 aliphatic carbocycles. The Bertz CT molecular complexity index is 1300. The quantitative estimate of drug-likeness (QED) is 0.332. The van der Waals surface area contributed by atoms with Crippen molar-refractivity contribution in [2.45, 2.75) is 0 Å². The van der Waals surface area contributed by atoms with Crippen molar-refractivity contribution in [3.8, 4) is 11.3 Å². The second-order valence-corrected chi connectivity index (χ2v) is 6.07. The monoisotopic (exact) mass is 322 g/mol. The molecule has 0 bridgehead atoms. The number of pyridine rings is 1. The summed E-state index contributed by atoms with van der Waals surface area (Å²) in [6.45, 7) is 0. The maximum atomic E-state index is 13.1. The Morgan fingerprint density at radius 1 is 0.720 bits per heavy atom. The highest BCUT2D eigenvalue weighted by atomic mass is 16.1. The van der Waals surface area contributed by atoms with Crippen LogP contribution in [0.3, 0.4) is 0 Å². The molecule has 2 heterocycles. The van der Waals surface area contributed by atoms with Gasteiger partial charge in [-0.2, -0.15) is 0 Å². The first kappa shape index (κ1) is 13.9. The molecule has 0 atom stereocenters. The predicted molar refractivity (Wildman–Crippen MR) is 102 cm³/mol. The Balaban J connectivity index is 2.04. The fraction of sp³-hybridized carbons (Fsp3) is 0. The summed E-state index contributed by atoms with van der Waals surface area (Å²) in [6.07, 6.45) is 0. The molecule has 3 nitrogen and oxygen atoms in total. The molecule has 3 heteroatoms. The Kier molecular flexibility index (Phi) is 2.94. The van der Waals surface area contributed by atoms with Gasteiger partial charge in [0.25, 0.3) is 5.56 Å². The highest BCUT2D eigenvalue weighted by molar-refractivity contribution is 5.96. The van der Waals surface area contributed by atoms with Gasteiger partial charge in [-0.05, 0) is 23.6 Å². The van der Waals surface area contributed by atoms with E-state index in [-0.39, 0.29) is 5.56 Å². The van der Waals surface area contributed by atoms with Crippen molar-refractivity contribution in [2.75, 3.05) is 0 Å². The molecule has 0 radical (unpaired) electrons. The van der Waals surface area contributed by atoms with Gasteiger partial charge < -0.3 is 0 Å². The molecular formula is C22H14N2O. The van der Waals surface area contributed by atoms with Crippen LogP contribution in [-0.4, -0.2) is 9.38 Å². The summed E-state index contributed by atoms with van der Waals surface area (Å²) in [5, 5.41) is 2.59. The Labute approximate surface area is 143 Å². The maximum absolute atomic E-state index is 13.1. The molecule has 0 amide bonds. The van der Waals surface area contributed by atoms with Crippen LogP contribution in [0.4, 0.5) is 0 Å². The summed E-state index contributed by atoms with van der Waals surface area (Å²) in [5.74, 6) is 0. The van der Waals surface area contributed by atoms with Crippen molar-refractivity contribution in [3.63, 3.8) is 0 Å². The van der Waals surface area contributed by atoms with E-state index in [1.54, 1.807) is 4.40 Å². The molecule has 0 fully saturated rings. The molecule has 2 aromatic heterocycles. The molecule has 5 aromatic rings. The standard InChI is InChI=1S/C22H14N2O/c25-22-17-11-5-4-10-16(17)14-20-23-21(15-8-2-1-3-9-15)18-12-6-7-13-19(18)24(20)22/h1-14H. The zero-order valence-corrected chi connectivity index (χ0v) is 13.4. The van der Waals surface area contributed by atoms with Gasteiger partial charge >= 0.3 is 0 Å². The molecule has 0 saturated heterocycles. The first-order chi connectivity index (χ1) is 12.3. The second-order valence-electron chi connectivity index (χ2n) is 6.07. The predicted octanol–water partition coefficient (Wildman–Crippen LogP) is 4.67. The van der Waals surface area contributed by atoms with Crippen LogP contribution >= 0.6 is 0 Å². The number of nitrogens with zero attached hydrogens (tertiary/aromatic N) is 2. The normalized spacial score (nSPS) is 11.4. The summed E-state index contributed by atoms with van der Waals surface area (Å²) >= 11 is 0. The fourth-order valence-corrected chi connectivity index (χ4v) is 3.42. The molecule has 0 N–H and O–H groups in total. The lowest BCUT2D eigenvalue weighted by Gasteiger charge is -2.12. The van der Waals surface area contributed by atoms with E-state index >= 15 is 0 Å². The van der Waals surface area contributed by atoms with Crippen LogP contribution < -0.4 is 5.56 Å². The summed E-state index contributed by atoms with van der Waals surface area (Å²) in [4.78, 5) is 17.9. The Hall–Kier alpha value is -3.46. The SMILES string of the molecule is O=c1c2ccccc2cc2nc(-c3ccccc3)c3ccccc3n12. The third-order valence-corrected chi connectivity index (χ3v) is 4.58. The summed E-state index contributed by atoms with van der Waals surface area (Å²) in [7, 11) is 0. The first-order valence-corrected chi connectivity index (χ1v) is 8.21. The lowest BCUT2D eigenvalue weighted by molar-refractivity contribution is 1.13. The summed E-state index contributed by atoms with van der Waals surface area (Å²) in [5.41, 5.74) is 3.45. The molecule has 0 unspecified atom stereocenters. The van der Waals surface area contributed by atoms with Crippen LogP contribution in [0, 0.1) is 0 Å². The van der Waals surface area contributed by atoms with Crippen molar-refractivity contribution in [2.24, 2.45) is 0 Å². The molecular weight excluding hydrogens is 308 g/mol. The number of aromatic nitrogens is 2. The Morgan fingerprint density at radius 2 is 1.40 bits per heavy atom. The van der Waals surface area contributed by atoms with Crippen LogP contribution in [0.5, 0.6) is 0 Å². The number of para-hydroxylation sites is 1. The summed E-state index contributed by atoms with van der Waals surface area (Å²) in [6, 6.07) is 27.7. The third kappa shape index (κ3) is 2.06. The van der Waals surface area contributed by atoms with Crippen molar-refractivity contribution in [1.82, 2.24) is 9.38 Å². The molecule has 5 rings (SSSR count). The van der Waals surface area contributed by atoms with Gasteiger partial charge in [-0.25, -0.2) is 4.98 Å². The minimum Gasteiger partial charge on any atom is -0.268 e. The molecule has 3 aromatic carbocycles. The van der Waals surface area contributed by atoms with E-state index in [9.17, 15) is 4.79 Å². The van der Waals surface area contributed by atoms with E-state index in [2.05, 4.69) is 0 Å². The molecule has 0 saturated carbocycles. The van der Waals surface area contributed by atoms with Crippen molar-refractivity contribution < 1.29 is 0 Å². The topological polar surface area (TPSA) is 34.4 Å². The molecule has 25 heavy (non-hydrogen) atoms. The van der Waals surface area contributed by atoms with Gasteiger partial charge in [0, 0.05) is 16.3 Å². The first-order valence-electron chi connectivity index (χ1n) is 8.21. The molecule has 0 aliphatic heterocycles. The van der Waals surface area contributed by atoms with Gasteiger partial charge in [-0.1, -0.05) is 66.7 Å². The average Bonchev–Trinajstić information content (AvgIpc) is 2.68. The van der Waals surface area contributed by atoms with Gasteiger partial charge in [-0.3, -0.25) is 9.20 Å². The highest BCUT2D eigenvalue weighted by Gasteiger charge is 2.12. The lowest BCUT2D eigenvalue weighted by Crippen LogP contribution is -2.16. The minimum absolute atomic E-state index is 0.0311. The van der Waals surface area contributed by atoms with E-state index in [4.69, 9.17) is 4.98 Å². The van der Waals surface area contributed by atoms with Crippen LogP contribution in [0.15, 0.2) is 89.7 Å². The van der Waals surface area contributed by atoms with Crippen molar-refractivity contribution in [1.29, 1.82) is 0 Å². The van der Waals surface area contributed by atoms with Crippen LogP contribution in [-0.2, 0) is 0 Å². The van der Waals surface area contributed by atoms with Crippen molar-refractivity contribution in [3.05, 3.63) is 95.3 Å². The highest BCUT2D eigenvalue weighted by Crippen LogP contribution is 2.28. The zero-order chi connectivity index (χ0) is 16.8. The summed E-state index contributed by atoms with van der Waals surface area (Å²) < 4.78 is 1.71. The van der Waals surface area contributed by atoms with E-state index in [0.717, 1.165) is 27.5 Å². The molecule has 0 spiro atoms. The van der Waals surface area contributed by atoms with E-state index in [0.29, 0.717) is 11.0 Å². The van der Waals surface area contributed by atoms with Crippen LogP contribution in [0.2, 0.25) is 0 Å². The van der Waals surface area contributed by atoms with Crippen LogP contribution in [0.1, 0.15) is 0 Å². The van der Waals surface area contributed by atoms with E-state index in [1.807, 2.05) is 84.9 Å². The second kappa shape index (κ2) is 5.28. The zero-order valence-electron chi connectivity index (χ0n) is 13.4. The molecule has 118 valence electrons. The number of fused-ring (bicyclic) bond motifs is 4. The maximum Gasteiger partial charge on any atom is 0.264 e. The van der Waals surface area contributed by atoms with Gasteiger partial charge in [0.15, 0.2) is 0 Å².